The lowest BCUT2D eigenvalue weighted by Gasteiger charge is -2.34. The molecule has 1 N–H and O–H groups in total. The lowest BCUT2D eigenvalue weighted by Crippen LogP contribution is -2.50. The molecule has 134 valence electrons. The van der Waals surface area contributed by atoms with Crippen molar-refractivity contribution in [1.29, 1.82) is 0 Å². The largest absolute Gasteiger partial charge is 0.484 e. The van der Waals surface area contributed by atoms with E-state index >= 15 is 0 Å². The minimum Gasteiger partial charge on any atom is -0.484 e. The van der Waals surface area contributed by atoms with E-state index in [2.05, 4.69) is 4.90 Å². The van der Waals surface area contributed by atoms with Crippen molar-refractivity contribution in [3.8, 4) is 5.75 Å². The summed E-state index contributed by atoms with van der Waals surface area (Å²) in [5.74, 6) is -0.758. The van der Waals surface area contributed by atoms with E-state index in [0.717, 1.165) is 19.6 Å². The number of ether oxygens (including phenoxy) is 1. The fraction of sp³-hybridized carbons (Fsp3) is 0.500. The van der Waals surface area contributed by atoms with Crippen molar-refractivity contribution in [2.24, 2.45) is 0 Å². The van der Waals surface area contributed by atoms with E-state index in [1.54, 1.807) is 4.90 Å². The molecule has 1 aliphatic heterocycles. The molecule has 24 heavy (non-hydrogen) atoms. The van der Waals surface area contributed by atoms with Crippen LogP contribution in [0.2, 0.25) is 0 Å². The van der Waals surface area contributed by atoms with Gasteiger partial charge < -0.3 is 14.7 Å². The molecule has 1 saturated heterocycles. The van der Waals surface area contributed by atoms with Crippen LogP contribution in [-0.4, -0.2) is 66.1 Å². The number of benzene rings is 1. The van der Waals surface area contributed by atoms with Gasteiger partial charge in [-0.05, 0) is 37.2 Å². The van der Waals surface area contributed by atoms with Crippen LogP contribution in [0.15, 0.2) is 24.3 Å². The second-order valence-electron chi connectivity index (χ2n) is 5.46. The lowest BCUT2D eigenvalue weighted by molar-refractivity contribution is -0.137. The molecule has 2 rings (SSSR count). The van der Waals surface area contributed by atoms with E-state index in [1.165, 1.54) is 24.3 Å². The number of carbonyl (C=O) groups is 2. The smallest absolute Gasteiger partial charge is 0.303 e. The Morgan fingerprint density at radius 3 is 2.33 bits per heavy atom. The first-order chi connectivity index (χ1) is 11.0. The molecular weight excluding hydrogens is 339 g/mol. The normalized spacial score (nSPS) is 14.8. The highest BCUT2D eigenvalue weighted by molar-refractivity contribution is 5.85. The van der Waals surface area contributed by atoms with Gasteiger partial charge in [-0.2, -0.15) is 0 Å². The van der Waals surface area contributed by atoms with Gasteiger partial charge in [0.1, 0.15) is 11.6 Å². The predicted molar refractivity (Wildman–Crippen MR) is 89.0 cm³/mol. The highest BCUT2D eigenvalue weighted by atomic mass is 35.5. The van der Waals surface area contributed by atoms with E-state index in [1.807, 2.05) is 0 Å². The number of rotatable bonds is 7. The van der Waals surface area contributed by atoms with E-state index in [-0.39, 0.29) is 37.2 Å². The average Bonchev–Trinajstić information content (AvgIpc) is 2.54. The first kappa shape index (κ1) is 20.2. The van der Waals surface area contributed by atoms with Crippen molar-refractivity contribution in [3.63, 3.8) is 0 Å². The van der Waals surface area contributed by atoms with Crippen molar-refractivity contribution in [1.82, 2.24) is 9.80 Å². The number of carboxylic acids is 1. The molecule has 0 aromatic heterocycles. The van der Waals surface area contributed by atoms with Crippen molar-refractivity contribution in [2.45, 2.75) is 12.8 Å². The first-order valence-corrected chi connectivity index (χ1v) is 7.65. The molecule has 1 aliphatic rings. The van der Waals surface area contributed by atoms with Gasteiger partial charge in [0.2, 0.25) is 0 Å². The molecule has 1 amide bonds. The standard InChI is InChI=1S/C16H21FN2O4.ClH/c17-13-3-5-14(6-4-13)23-12-15(20)19-10-8-18(9-11-19)7-1-2-16(21)22;/h3-6H,1-2,7-12H2,(H,21,22);1H. The predicted octanol–water partition coefficient (Wildman–Crippen LogP) is 1.64. The average molecular weight is 361 g/mol. The second kappa shape index (κ2) is 10.1. The summed E-state index contributed by atoms with van der Waals surface area (Å²) in [4.78, 5) is 26.5. The molecule has 0 unspecified atom stereocenters. The molecule has 1 aromatic carbocycles. The maximum absolute atomic E-state index is 12.8. The number of nitrogens with zero attached hydrogens (tertiary/aromatic N) is 2. The number of piperazine rings is 1. The van der Waals surface area contributed by atoms with E-state index < -0.39 is 5.97 Å². The third kappa shape index (κ3) is 6.72. The Morgan fingerprint density at radius 2 is 1.75 bits per heavy atom. The number of carbonyl (C=O) groups excluding carboxylic acids is 1. The zero-order valence-corrected chi connectivity index (χ0v) is 14.1. The van der Waals surface area contributed by atoms with Crippen LogP contribution < -0.4 is 4.74 Å². The third-order valence-electron chi connectivity index (χ3n) is 3.77. The third-order valence-corrected chi connectivity index (χ3v) is 3.77. The molecule has 1 fully saturated rings. The van der Waals surface area contributed by atoms with Gasteiger partial charge >= 0.3 is 5.97 Å². The van der Waals surface area contributed by atoms with E-state index in [4.69, 9.17) is 9.84 Å². The summed E-state index contributed by atoms with van der Waals surface area (Å²) in [6, 6.07) is 5.55. The van der Waals surface area contributed by atoms with Crippen LogP contribution >= 0.6 is 12.4 Å². The monoisotopic (exact) mass is 360 g/mol. The Kier molecular flexibility index (Phi) is 8.49. The Labute approximate surface area is 146 Å². The van der Waals surface area contributed by atoms with Crippen LogP contribution in [0.3, 0.4) is 0 Å². The number of amides is 1. The molecule has 0 radical (unpaired) electrons. The summed E-state index contributed by atoms with van der Waals surface area (Å²) in [5.41, 5.74) is 0. The fourth-order valence-corrected chi connectivity index (χ4v) is 2.44. The SMILES string of the molecule is Cl.O=C(O)CCCN1CCN(C(=O)COc2ccc(F)cc2)CC1. The minimum absolute atomic E-state index is 0. The van der Waals surface area contributed by atoms with Crippen LogP contribution in [-0.2, 0) is 9.59 Å². The zero-order valence-electron chi connectivity index (χ0n) is 13.3. The molecular formula is C16H22ClFN2O4. The molecule has 1 aromatic rings. The summed E-state index contributed by atoms with van der Waals surface area (Å²) in [6.07, 6.45) is 0.793. The summed E-state index contributed by atoms with van der Waals surface area (Å²) in [7, 11) is 0. The Hall–Kier alpha value is -1.86. The molecule has 0 spiro atoms. The van der Waals surface area contributed by atoms with Gasteiger partial charge in [0, 0.05) is 32.6 Å². The molecule has 0 bridgehead atoms. The van der Waals surface area contributed by atoms with Crippen molar-refractivity contribution in [2.75, 3.05) is 39.3 Å². The van der Waals surface area contributed by atoms with Crippen molar-refractivity contribution < 1.29 is 23.8 Å². The Bertz CT molecular complexity index is 533. The number of hydrogen-bond acceptors (Lipinski definition) is 4. The fourth-order valence-electron chi connectivity index (χ4n) is 2.44. The first-order valence-electron chi connectivity index (χ1n) is 7.65. The molecule has 1 heterocycles. The van der Waals surface area contributed by atoms with Crippen LogP contribution in [0.25, 0.3) is 0 Å². The number of hydrogen-bond donors (Lipinski definition) is 1. The van der Waals surface area contributed by atoms with Crippen molar-refractivity contribution >= 4 is 24.3 Å². The van der Waals surface area contributed by atoms with Crippen LogP contribution in [0.5, 0.6) is 5.75 Å². The maximum Gasteiger partial charge on any atom is 0.303 e. The topological polar surface area (TPSA) is 70.1 Å². The summed E-state index contributed by atoms with van der Waals surface area (Å²) in [5, 5.41) is 8.62. The molecule has 0 atom stereocenters. The van der Waals surface area contributed by atoms with Crippen LogP contribution in [0.4, 0.5) is 4.39 Å². The van der Waals surface area contributed by atoms with Crippen LogP contribution in [0, 0.1) is 5.82 Å². The van der Waals surface area contributed by atoms with Crippen molar-refractivity contribution in [3.05, 3.63) is 30.1 Å². The van der Waals surface area contributed by atoms with Gasteiger partial charge in [0.05, 0.1) is 0 Å². The van der Waals surface area contributed by atoms with Gasteiger partial charge in [-0.1, -0.05) is 0 Å². The summed E-state index contributed by atoms with van der Waals surface area (Å²) in [6.45, 7) is 3.37. The molecule has 8 heteroatoms. The summed E-state index contributed by atoms with van der Waals surface area (Å²) >= 11 is 0. The zero-order chi connectivity index (χ0) is 16.7. The second-order valence-corrected chi connectivity index (χ2v) is 5.46. The Morgan fingerprint density at radius 1 is 1.12 bits per heavy atom. The van der Waals surface area contributed by atoms with E-state index in [0.29, 0.717) is 25.3 Å². The van der Waals surface area contributed by atoms with Gasteiger partial charge in [-0.15, -0.1) is 12.4 Å². The van der Waals surface area contributed by atoms with E-state index in [9.17, 15) is 14.0 Å². The molecule has 0 saturated carbocycles. The van der Waals surface area contributed by atoms with Gasteiger partial charge in [-0.25, -0.2) is 4.39 Å². The molecule has 6 nitrogen and oxygen atoms in total. The number of carboxylic acid groups (broad SMARTS) is 1. The number of aliphatic carboxylic acids is 1. The lowest BCUT2D eigenvalue weighted by atomic mass is 10.2. The maximum atomic E-state index is 12.8. The minimum atomic E-state index is -0.781. The van der Waals surface area contributed by atoms with Crippen LogP contribution in [0.1, 0.15) is 12.8 Å². The summed E-state index contributed by atoms with van der Waals surface area (Å²) < 4.78 is 18.1. The highest BCUT2D eigenvalue weighted by Crippen LogP contribution is 2.11. The van der Waals surface area contributed by atoms with Gasteiger partial charge in [0.15, 0.2) is 6.61 Å². The number of halogens is 2. The molecule has 0 aliphatic carbocycles. The highest BCUT2D eigenvalue weighted by Gasteiger charge is 2.21. The Balaban J connectivity index is 0.00000288. The van der Waals surface area contributed by atoms with Gasteiger partial charge in [-0.3, -0.25) is 14.5 Å². The van der Waals surface area contributed by atoms with Gasteiger partial charge in [0.25, 0.3) is 5.91 Å². The quantitative estimate of drug-likeness (QED) is 0.800.